The van der Waals surface area contributed by atoms with Gasteiger partial charge in [0.2, 0.25) is 11.8 Å². The Morgan fingerprint density at radius 1 is 1.25 bits per heavy atom. The van der Waals surface area contributed by atoms with Crippen LogP contribution in [0.2, 0.25) is 0 Å². The molecule has 2 atom stereocenters. The summed E-state index contributed by atoms with van der Waals surface area (Å²) in [6.07, 6.45) is 7.38. The van der Waals surface area contributed by atoms with E-state index in [9.17, 15) is 18.8 Å². The summed E-state index contributed by atoms with van der Waals surface area (Å²) in [6.45, 7) is 8.43. The molecule has 6 nitrogen and oxygen atoms in total. The van der Waals surface area contributed by atoms with Crippen LogP contribution in [0.15, 0.2) is 35.5 Å². The van der Waals surface area contributed by atoms with Crippen LogP contribution < -0.4 is 10.6 Å². The third kappa shape index (κ3) is 7.38. The Hall–Kier alpha value is -2.28. The van der Waals surface area contributed by atoms with Gasteiger partial charge in [-0.2, -0.15) is 0 Å². The smallest absolute Gasteiger partial charge is 0.244 e. The molecule has 2 unspecified atom stereocenters. The fraction of sp³-hybridized carbons (Fsp3) is 0.571. The van der Waals surface area contributed by atoms with Crippen molar-refractivity contribution in [3.63, 3.8) is 0 Å². The minimum atomic E-state index is -0.746. The van der Waals surface area contributed by atoms with Crippen molar-refractivity contribution >= 4 is 18.1 Å². The Morgan fingerprint density at radius 2 is 1.86 bits per heavy atom. The molecule has 28 heavy (non-hydrogen) atoms. The van der Waals surface area contributed by atoms with Crippen LogP contribution in [0.4, 0.5) is 4.39 Å². The number of amides is 2. The molecular formula is C21H34FN3O3. The molecule has 0 fully saturated rings. The van der Waals surface area contributed by atoms with E-state index in [0.717, 1.165) is 6.29 Å². The number of alkyl halides is 1. The molecule has 0 aromatic heterocycles. The third-order valence-electron chi connectivity index (χ3n) is 4.64. The number of likely N-dealkylation sites (N-methyl/N-ethyl adjacent to an activating group) is 2. The highest BCUT2D eigenvalue weighted by Crippen LogP contribution is 2.31. The zero-order valence-electron chi connectivity index (χ0n) is 18.0. The summed E-state index contributed by atoms with van der Waals surface area (Å²) >= 11 is 0. The quantitative estimate of drug-likeness (QED) is 0.319. The number of hydrogen-bond donors (Lipinski definition) is 2. The van der Waals surface area contributed by atoms with Crippen LogP contribution in [0.3, 0.4) is 0 Å². The largest absolute Gasteiger partial charge is 0.343 e. The van der Waals surface area contributed by atoms with Crippen LogP contribution >= 0.6 is 0 Å². The zero-order valence-corrected chi connectivity index (χ0v) is 18.0. The number of aldehydes is 1. The summed E-state index contributed by atoms with van der Waals surface area (Å²) in [5, 5.41) is 5.71. The van der Waals surface area contributed by atoms with Crippen molar-refractivity contribution in [3.05, 3.63) is 35.5 Å². The number of rotatable bonds is 11. The van der Waals surface area contributed by atoms with Crippen molar-refractivity contribution in [3.8, 4) is 0 Å². The van der Waals surface area contributed by atoms with Crippen molar-refractivity contribution in [1.82, 2.24) is 15.5 Å². The molecule has 0 rings (SSSR count). The van der Waals surface area contributed by atoms with Gasteiger partial charge in [-0.25, -0.2) is 4.39 Å². The lowest BCUT2D eigenvalue weighted by Gasteiger charge is -2.35. The second kappa shape index (κ2) is 12.2. The van der Waals surface area contributed by atoms with Crippen molar-refractivity contribution < 1.29 is 18.8 Å². The van der Waals surface area contributed by atoms with E-state index in [1.165, 1.54) is 11.0 Å². The number of nitrogens with one attached hydrogen (secondary N) is 2. The lowest BCUT2D eigenvalue weighted by atomic mass is 9.76. The highest BCUT2D eigenvalue weighted by atomic mass is 19.1. The molecule has 7 heteroatoms. The van der Waals surface area contributed by atoms with E-state index in [-0.39, 0.29) is 18.4 Å². The molecule has 0 aromatic rings. The number of carbonyl (C=O) groups excluding carboxylic acids is 3. The van der Waals surface area contributed by atoms with Gasteiger partial charge in [-0.3, -0.25) is 14.4 Å². The van der Waals surface area contributed by atoms with Crippen molar-refractivity contribution in [2.24, 2.45) is 5.41 Å². The first-order valence-electron chi connectivity index (χ1n) is 9.30. The number of allylic oxidation sites excluding steroid dienone is 4. The fourth-order valence-electron chi connectivity index (χ4n) is 2.90. The van der Waals surface area contributed by atoms with Gasteiger partial charge in [0.1, 0.15) is 19.0 Å². The standard InChI is InChI=1S/C21H34FN3O3/c1-8-9-17(10-12-22)21(4,5)18(23-6)19(27)24-16(3)20(28)25(7)13-11-15(2)14-26/h8-11,14,16,18,23H,12-13H2,1-7H3,(H,24,27)/b9-8-,15-11+,17-10+. The lowest BCUT2D eigenvalue weighted by Crippen LogP contribution is -2.56. The molecule has 0 heterocycles. The highest BCUT2D eigenvalue weighted by Gasteiger charge is 2.37. The fourth-order valence-corrected chi connectivity index (χ4v) is 2.90. The molecule has 0 aliphatic rings. The number of nitrogens with zero attached hydrogens (tertiary/aromatic N) is 1. The van der Waals surface area contributed by atoms with Gasteiger partial charge in [-0.15, -0.1) is 0 Å². The number of carbonyl (C=O) groups is 3. The van der Waals surface area contributed by atoms with Crippen LogP contribution in [0.25, 0.3) is 0 Å². The summed E-state index contributed by atoms with van der Waals surface area (Å²) < 4.78 is 12.9. The van der Waals surface area contributed by atoms with Gasteiger partial charge >= 0.3 is 0 Å². The predicted octanol–water partition coefficient (Wildman–Crippen LogP) is 2.18. The van der Waals surface area contributed by atoms with Gasteiger partial charge in [0, 0.05) is 19.0 Å². The first-order chi connectivity index (χ1) is 13.1. The molecule has 0 bridgehead atoms. The Kier molecular flexibility index (Phi) is 11.2. The first-order valence-corrected chi connectivity index (χ1v) is 9.30. The van der Waals surface area contributed by atoms with Crippen LogP contribution in [0.5, 0.6) is 0 Å². The van der Waals surface area contributed by atoms with Crippen LogP contribution in [0, 0.1) is 5.41 Å². The van der Waals surface area contributed by atoms with E-state index in [0.29, 0.717) is 11.1 Å². The van der Waals surface area contributed by atoms with Crippen LogP contribution in [-0.2, 0) is 14.4 Å². The summed E-state index contributed by atoms with van der Waals surface area (Å²) in [6, 6.07) is -1.41. The minimum Gasteiger partial charge on any atom is -0.343 e. The molecule has 0 saturated carbocycles. The average molecular weight is 396 g/mol. The van der Waals surface area contributed by atoms with E-state index < -0.39 is 24.2 Å². The van der Waals surface area contributed by atoms with Crippen molar-refractivity contribution in [1.29, 1.82) is 0 Å². The molecule has 0 aromatic carbocycles. The maximum Gasteiger partial charge on any atom is 0.244 e. The summed E-state index contributed by atoms with van der Waals surface area (Å²) in [5.74, 6) is -0.625. The molecule has 2 amide bonds. The van der Waals surface area contributed by atoms with E-state index in [4.69, 9.17) is 0 Å². The topological polar surface area (TPSA) is 78.5 Å². The van der Waals surface area contributed by atoms with Gasteiger partial charge in [0.05, 0.1) is 6.04 Å². The van der Waals surface area contributed by atoms with Gasteiger partial charge in [0.15, 0.2) is 0 Å². The normalized spacial score (nSPS) is 15.3. The zero-order chi connectivity index (χ0) is 21.9. The molecule has 0 spiro atoms. The molecule has 2 N–H and O–H groups in total. The second-order valence-corrected chi connectivity index (χ2v) is 7.27. The molecular weight excluding hydrogens is 361 g/mol. The van der Waals surface area contributed by atoms with Crippen LogP contribution in [-0.4, -0.2) is 62.4 Å². The summed E-state index contributed by atoms with van der Waals surface area (Å²) in [7, 11) is 3.26. The van der Waals surface area contributed by atoms with E-state index >= 15 is 0 Å². The molecule has 0 radical (unpaired) electrons. The third-order valence-corrected chi connectivity index (χ3v) is 4.64. The van der Waals surface area contributed by atoms with Gasteiger partial charge < -0.3 is 15.5 Å². The summed E-state index contributed by atoms with van der Waals surface area (Å²) in [4.78, 5) is 37.4. The molecule has 158 valence electrons. The predicted molar refractivity (Wildman–Crippen MR) is 111 cm³/mol. The average Bonchev–Trinajstić information content (AvgIpc) is 2.64. The molecule has 0 aliphatic heterocycles. The number of hydrogen-bond acceptors (Lipinski definition) is 4. The number of halogens is 1. The Morgan fingerprint density at radius 3 is 2.32 bits per heavy atom. The van der Waals surface area contributed by atoms with Gasteiger partial charge in [-0.05, 0) is 45.0 Å². The Bertz CT molecular complexity index is 639. The molecule has 0 aliphatic carbocycles. The summed E-state index contributed by atoms with van der Waals surface area (Å²) in [5.41, 5.74) is 0.526. The maximum absolute atomic E-state index is 12.9. The van der Waals surface area contributed by atoms with Gasteiger partial charge in [0.25, 0.3) is 0 Å². The monoisotopic (exact) mass is 395 g/mol. The van der Waals surface area contributed by atoms with Crippen molar-refractivity contribution in [2.45, 2.75) is 46.7 Å². The minimum absolute atomic E-state index is 0.273. The maximum atomic E-state index is 12.9. The van der Waals surface area contributed by atoms with E-state index in [1.54, 1.807) is 46.2 Å². The SMILES string of the molecule is C/C=C\C(=C/CF)C(C)(C)C(NC)C(=O)NC(C)C(=O)N(C)C/C=C(\C)C=O. The van der Waals surface area contributed by atoms with Crippen molar-refractivity contribution in [2.75, 3.05) is 27.3 Å². The second-order valence-electron chi connectivity index (χ2n) is 7.27. The van der Waals surface area contributed by atoms with Gasteiger partial charge in [-0.1, -0.05) is 32.1 Å². The Balaban J connectivity index is 5.30. The van der Waals surface area contributed by atoms with E-state index in [2.05, 4.69) is 10.6 Å². The highest BCUT2D eigenvalue weighted by molar-refractivity contribution is 5.90. The lowest BCUT2D eigenvalue weighted by molar-refractivity contribution is -0.135. The molecule has 0 saturated heterocycles. The van der Waals surface area contributed by atoms with Crippen LogP contribution in [0.1, 0.15) is 34.6 Å². The van der Waals surface area contributed by atoms with E-state index in [1.807, 2.05) is 20.8 Å². The first kappa shape index (κ1) is 25.7. The Labute approximate surface area is 167 Å².